The fourth-order valence-corrected chi connectivity index (χ4v) is 4.22. The molecule has 2 aromatic carbocycles. The summed E-state index contributed by atoms with van der Waals surface area (Å²) in [4.78, 5) is 28.6. The first-order valence-electron chi connectivity index (χ1n) is 10.9. The number of nitrogens with zero attached hydrogens (tertiary/aromatic N) is 1. The molecule has 0 saturated carbocycles. The number of rotatable bonds is 8. The summed E-state index contributed by atoms with van der Waals surface area (Å²) < 4.78 is 21.7. The molecule has 1 aliphatic rings. The first-order chi connectivity index (χ1) is 15.8. The van der Waals surface area contributed by atoms with Crippen molar-refractivity contribution >= 4 is 11.8 Å². The first-order valence-corrected chi connectivity index (χ1v) is 10.9. The summed E-state index contributed by atoms with van der Waals surface area (Å²) in [5.41, 5.74) is 1.76. The van der Waals surface area contributed by atoms with Crippen molar-refractivity contribution in [2.75, 3.05) is 35.5 Å². The second kappa shape index (κ2) is 10.0. The van der Waals surface area contributed by atoms with Gasteiger partial charge in [-0.15, -0.1) is 0 Å². The molecule has 0 bridgehead atoms. The van der Waals surface area contributed by atoms with Gasteiger partial charge in [0.05, 0.1) is 40.4 Å². The number of likely N-dealkylation sites (N-methyl/N-ethyl adjacent to an activating group) is 1. The highest BCUT2D eigenvalue weighted by Gasteiger charge is 2.44. The molecule has 2 aromatic rings. The minimum atomic E-state index is -0.672. The molecule has 0 fully saturated rings. The summed E-state index contributed by atoms with van der Waals surface area (Å²) in [6.45, 7) is 3.96. The molecule has 3 rings (SSSR count). The lowest BCUT2D eigenvalue weighted by atomic mass is 9.79. The number of benzene rings is 2. The van der Waals surface area contributed by atoms with Crippen LogP contribution < -0.4 is 24.3 Å². The third kappa shape index (κ3) is 4.42. The molecule has 0 aromatic heterocycles. The Labute approximate surface area is 194 Å². The highest BCUT2D eigenvalue weighted by atomic mass is 16.5. The monoisotopic (exact) mass is 456 g/mol. The van der Waals surface area contributed by atoms with E-state index in [4.69, 9.17) is 18.9 Å². The molecule has 1 heterocycles. The summed E-state index contributed by atoms with van der Waals surface area (Å²) in [7, 11) is 7.86. The molecule has 0 aliphatic carbocycles. The number of hydrogen-bond donors (Lipinski definition) is 1. The first kappa shape index (κ1) is 24.2. The van der Waals surface area contributed by atoms with Crippen molar-refractivity contribution in [1.82, 2.24) is 10.2 Å². The largest absolute Gasteiger partial charge is 0.493 e. The lowest BCUT2D eigenvalue weighted by molar-refractivity contribution is -0.124. The van der Waals surface area contributed by atoms with Gasteiger partial charge in [-0.3, -0.25) is 9.59 Å². The third-order valence-electron chi connectivity index (χ3n) is 6.21. The SMILES string of the molecule is CC[C@@H](C)NC(=O)[C@H]1c2cc(OC)c(OC)cc2C(=O)N(C)[C@@H]1c1ccc(OC)c(OC)c1. The van der Waals surface area contributed by atoms with Crippen molar-refractivity contribution in [1.29, 1.82) is 0 Å². The van der Waals surface area contributed by atoms with Crippen molar-refractivity contribution in [2.24, 2.45) is 0 Å². The molecule has 2 amide bonds. The minimum Gasteiger partial charge on any atom is -0.493 e. The number of methoxy groups -OCH3 is 4. The molecule has 178 valence electrons. The smallest absolute Gasteiger partial charge is 0.254 e. The van der Waals surface area contributed by atoms with E-state index in [1.54, 1.807) is 44.4 Å². The van der Waals surface area contributed by atoms with E-state index in [9.17, 15) is 9.59 Å². The van der Waals surface area contributed by atoms with Gasteiger partial charge in [0.1, 0.15) is 0 Å². The van der Waals surface area contributed by atoms with Crippen molar-refractivity contribution in [3.63, 3.8) is 0 Å². The average Bonchev–Trinajstić information content (AvgIpc) is 2.84. The summed E-state index contributed by atoms with van der Waals surface area (Å²) in [5, 5.41) is 3.09. The molecule has 1 N–H and O–H groups in total. The maximum absolute atomic E-state index is 13.6. The van der Waals surface area contributed by atoms with Crippen LogP contribution in [0, 0.1) is 0 Å². The van der Waals surface area contributed by atoms with Crippen molar-refractivity contribution in [2.45, 2.75) is 38.3 Å². The molecule has 0 unspecified atom stereocenters. The van der Waals surface area contributed by atoms with Gasteiger partial charge < -0.3 is 29.2 Å². The van der Waals surface area contributed by atoms with Crippen LogP contribution >= 0.6 is 0 Å². The predicted octanol–water partition coefficient (Wildman–Crippen LogP) is 3.55. The van der Waals surface area contributed by atoms with Crippen molar-refractivity contribution < 1.29 is 28.5 Å². The second-order valence-corrected chi connectivity index (χ2v) is 8.07. The average molecular weight is 457 g/mol. The van der Waals surface area contributed by atoms with E-state index in [1.165, 1.54) is 14.2 Å². The van der Waals surface area contributed by atoms with E-state index in [0.29, 0.717) is 34.1 Å². The van der Waals surface area contributed by atoms with Gasteiger partial charge in [0.25, 0.3) is 5.91 Å². The Bertz CT molecular complexity index is 1040. The van der Waals surface area contributed by atoms with E-state index in [2.05, 4.69) is 5.32 Å². The summed E-state index contributed by atoms with van der Waals surface area (Å²) in [6.07, 6.45) is 0.785. The van der Waals surface area contributed by atoms with Crippen LogP contribution in [0.25, 0.3) is 0 Å². The van der Waals surface area contributed by atoms with Gasteiger partial charge in [0.2, 0.25) is 5.91 Å². The van der Waals surface area contributed by atoms with Crippen LogP contribution in [0.5, 0.6) is 23.0 Å². The Balaban J connectivity index is 2.24. The zero-order valence-electron chi connectivity index (χ0n) is 20.2. The van der Waals surface area contributed by atoms with E-state index < -0.39 is 12.0 Å². The second-order valence-electron chi connectivity index (χ2n) is 8.07. The molecular weight excluding hydrogens is 424 g/mol. The van der Waals surface area contributed by atoms with Crippen molar-refractivity contribution in [3.05, 3.63) is 47.0 Å². The zero-order valence-corrected chi connectivity index (χ0v) is 20.2. The maximum Gasteiger partial charge on any atom is 0.254 e. The molecule has 8 heteroatoms. The number of fused-ring (bicyclic) bond motifs is 1. The van der Waals surface area contributed by atoms with Crippen LogP contribution in [0.3, 0.4) is 0 Å². The molecule has 8 nitrogen and oxygen atoms in total. The summed E-state index contributed by atoms with van der Waals surface area (Å²) in [5.74, 6) is 0.933. The number of hydrogen-bond acceptors (Lipinski definition) is 6. The number of amides is 2. The van der Waals surface area contributed by atoms with Crippen LogP contribution in [0.1, 0.15) is 53.7 Å². The molecule has 0 spiro atoms. The lowest BCUT2D eigenvalue weighted by Gasteiger charge is -2.40. The highest BCUT2D eigenvalue weighted by Crippen LogP contribution is 2.46. The number of ether oxygens (including phenoxy) is 4. The fraction of sp³-hybridized carbons (Fsp3) is 0.440. The summed E-state index contributed by atoms with van der Waals surface area (Å²) in [6, 6.07) is 8.23. The number of carbonyl (C=O) groups excluding carboxylic acids is 2. The highest BCUT2D eigenvalue weighted by molar-refractivity contribution is 6.02. The predicted molar refractivity (Wildman–Crippen MR) is 125 cm³/mol. The molecule has 0 saturated heterocycles. The maximum atomic E-state index is 13.6. The van der Waals surface area contributed by atoms with Crippen LogP contribution in [0.4, 0.5) is 0 Å². The fourth-order valence-electron chi connectivity index (χ4n) is 4.22. The van der Waals surface area contributed by atoms with Crippen LogP contribution in [-0.4, -0.2) is 58.2 Å². The third-order valence-corrected chi connectivity index (χ3v) is 6.21. The van der Waals surface area contributed by atoms with Crippen LogP contribution in [0.15, 0.2) is 30.3 Å². The topological polar surface area (TPSA) is 86.3 Å². The Kier molecular flexibility index (Phi) is 7.36. The van der Waals surface area contributed by atoms with Gasteiger partial charge in [-0.1, -0.05) is 13.0 Å². The Morgan fingerprint density at radius 1 is 0.970 bits per heavy atom. The van der Waals surface area contributed by atoms with E-state index in [0.717, 1.165) is 12.0 Å². The quantitative estimate of drug-likeness (QED) is 0.654. The van der Waals surface area contributed by atoms with Gasteiger partial charge in [-0.05, 0) is 48.7 Å². The molecule has 3 atom stereocenters. The van der Waals surface area contributed by atoms with Crippen LogP contribution in [-0.2, 0) is 4.79 Å². The van der Waals surface area contributed by atoms with Gasteiger partial charge in [0.15, 0.2) is 23.0 Å². The Hall–Kier alpha value is -3.42. The molecular formula is C25H32N2O6. The Morgan fingerprint density at radius 3 is 2.12 bits per heavy atom. The number of nitrogens with one attached hydrogen (secondary N) is 1. The van der Waals surface area contributed by atoms with E-state index in [1.807, 2.05) is 26.0 Å². The van der Waals surface area contributed by atoms with Gasteiger partial charge in [-0.25, -0.2) is 0 Å². The minimum absolute atomic E-state index is 0.0184. The zero-order chi connectivity index (χ0) is 24.3. The molecule has 1 aliphatic heterocycles. The van der Waals surface area contributed by atoms with Gasteiger partial charge >= 0.3 is 0 Å². The van der Waals surface area contributed by atoms with Crippen LogP contribution in [0.2, 0.25) is 0 Å². The van der Waals surface area contributed by atoms with E-state index >= 15 is 0 Å². The molecule has 33 heavy (non-hydrogen) atoms. The molecule has 0 radical (unpaired) electrons. The van der Waals surface area contributed by atoms with Gasteiger partial charge in [-0.2, -0.15) is 0 Å². The number of carbonyl (C=O) groups is 2. The standard InChI is InChI=1S/C25H32N2O6/c1-8-14(2)26-24(28)22-16-12-20(32-6)21(33-7)13-17(16)25(29)27(3)23(22)15-9-10-18(30-4)19(11-15)31-5/h9-14,22-23H,8H2,1-7H3,(H,26,28)/t14-,22+,23-/m1/s1. The summed E-state index contributed by atoms with van der Waals surface area (Å²) >= 11 is 0. The lowest BCUT2D eigenvalue weighted by Crippen LogP contribution is -2.47. The van der Waals surface area contributed by atoms with Crippen molar-refractivity contribution in [3.8, 4) is 23.0 Å². The van der Waals surface area contributed by atoms with Gasteiger partial charge in [0, 0.05) is 18.7 Å². The van der Waals surface area contributed by atoms with E-state index in [-0.39, 0.29) is 17.9 Å². The Morgan fingerprint density at radius 2 is 1.55 bits per heavy atom. The normalized spacial score (nSPS) is 18.3.